The summed E-state index contributed by atoms with van der Waals surface area (Å²) in [7, 11) is 1.59. The zero-order chi connectivity index (χ0) is 37.9. The van der Waals surface area contributed by atoms with E-state index in [0.29, 0.717) is 36.3 Å². The van der Waals surface area contributed by atoms with Crippen molar-refractivity contribution in [1.82, 2.24) is 20.4 Å². The number of methoxy groups -OCH3 is 1. The molecular weight excluding hydrogens is 712 g/mol. The van der Waals surface area contributed by atoms with Crippen LogP contribution >= 0.6 is 11.8 Å². The number of nitro benzene ring substituents is 2. The summed E-state index contributed by atoms with van der Waals surface area (Å²) in [4.78, 5) is 75.7. The van der Waals surface area contributed by atoms with Gasteiger partial charge in [0.15, 0.2) is 0 Å². The summed E-state index contributed by atoms with van der Waals surface area (Å²) in [6.07, 6.45) is -0.659. The second-order valence-corrected chi connectivity index (χ2v) is 13.6. The van der Waals surface area contributed by atoms with Gasteiger partial charge in [-0.3, -0.25) is 34.7 Å². The van der Waals surface area contributed by atoms with Crippen molar-refractivity contribution in [1.29, 1.82) is 0 Å². The molecule has 0 aromatic heterocycles. The summed E-state index contributed by atoms with van der Waals surface area (Å²) in [5.41, 5.74) is 1.97. The largest absolute Gasteiger partial charge is 0.497 e. The highest BCUT2D eigenvalue weighted by molar-refractivity contribution is 7.99. The molecule has 2 saturated heterocycles. The van der Waals surface area contributed by atoms with Crippen molar-refractivity contribution in [2.24, 2.45) is 0 Å². The van der Waals surface area contributed by atoms with Crippen molar-refractivity contribution in [3.05, 3.63) is 110 Å². The van der Waals surface area contributed by atoms with Gasteiger partial charge in [0.05, 0.1) is 17.0 Å². The van der Waals surface area contributed by atoms with Gasteiger partial charge in [-0.1, -0.05) is 12.1 Å². The molecule has 0 spiro atoms. The van der Waals surface area contributed by atoms with E-state index in [4.69, 9.17) is 14.2 Å². The van der Waals surface area contributed by atoms with Gasteiger partial charge in [0, 0.05) is 60.9 Å². The summed E-state index contributed by atoms with van der Waals surface area (Å²) >= 11 is 1.62. The molecule has 0 bridgehead atoms. The van der Waals surface area contributed by atoms with Crippen molar-refractivity contribution in [3.63, 3.8) is 0 Å². The predicted octanol–water partition coefficient (Wildman–Crippen LogP) is 4.17. The smallest absolute Gasteiger partial charge is 0.410 e. The van der Waals surface area contributed by atoms with Crippen LogP contribution in [0, 0.1) is 20.2 Å². The Hall–Kier alpha value is -5.91. The lowest BCUT2D eigenvalue weighted by Crippen LogP contribution is -2.48. The highest BCUT2D eigenvalue weighted by Gasteiger charge is 2.43. The summed E-state index contributed by atoms with van der Waals surface area (Å²) in [5.74, 6) is 0.638. The molecule has 2 fully saturated rings. The minimum absolute atomic E-state index is 0.0673. The lowest BCUT2D eigenvalue weighted by molar-refractivity contribution is -0.385. The Morgan fingerprint density at radius 3 is 2.00 bits per heavy atom. The van der Waals surface area contributed by atoms with Crippen LogP contribution in [0.15, 0.2) is 72.8 Å². The number of nitro groups is 2. The first kappa shape index (κ1) is 38.3. The van der Waals surface area contributed by atoms with Crippen molar-refractivity contribution in [2.75, 3.05) is 33.3 Å². The van der Waals surface area contributed by atoms with E-state index in [1.807, 2.05) is 24.3 Å². The number of ether oxygens (including phenoxy) is 3. The quantitative estimate of drug-likeness (QED) is 0.176. The topological polar surface area (TPSA) is 213 Å². The maximum atomic E-state index is 13.9. The Morgan fingerprint density at radius 1 is 0.830 bits per heavy atom. The molecular formula is C35H38N6O11S. The number of carbonyl (C=O) groups is 4. The molecule has 0 aliphatic carbocycles. The number of thioether (sulfide) groups is 1. The molecule has 2 aliphatic heterocycles. The van der Waals surface area contributed by atoms with Gasteiger partial charge >= 0.3 is 12.2 Å². The fourth-order valence-electron chi connectivity index (χ4n) is 5.87. The maximum Gasteiger partial charge on any atom is 0.410 e. The molecule has 2 aliphatic rings. The Balaban J connectivity index is 1.12. The van der Waals surface area contributed by atoms with E-state index in [9.17, 15) is 39.4 Å². The Labute approximate surface area is 308 Å². The van der Waals surface area contributed by atoms with Gasteiger partial charge < -0.3 is 29.7 Å². The van der Waals surface area contributed by atoms with Gasteiger partial charge in [0.25, 0.3) is 11.4 Å². The molecule has 3 aromatic rings. The number of non-ortho nitro benzene ring substituents is 2. The van der Waals surface area contributed by atoms with Crippen LogP contribution in [0.5, 0.6) is 5.75 Å². The maximum absolute atomic E-state index is 13.9. The molecule has 0 unspecified atom stereocenters. The van der Waals surface area contributed by atoms with E-state index in [-0.39, 0.29) is 61.4 Å². The van der Waals surface area contributed by atoms with Crippen molar-refractivity contribution in [2.45, 2.75) is 49.1 Å². The Kier molecular flexibility index (Phi) is 13.0. The molecule has 0 radical (unpaired) electrons. The second kappa shape index (κ2) is 18.0. The summed E-state index contributed by atoms with van der Waals surface area (Å²) in [6, 6.07) is 17.6. The zero-order valence-corrected chi connectivity index (χ0v) is 29.5. The average Bonchev–Trinajstić information content (AvgIpc) is 3.82. The standard InChI is InChI=1S/C35H38N6O11S/c1-50-29-12-6-25(7-13-29)22-53-30-16-31(39(19-30)35(45)52-21-24-4-10-28(11-5-24)41(48)49)33(43)38-15-14-26(18-38)37-32(42)17-36-34(44)51-20-23-2-8-27(9-3-23)40(46)47/h2-13,26,30-31H,14-22H2,1H3,(H,36,44)(H,37,42)/t26-,30-,31-/m0/s1. The monoisotopic (exact) mass is 750 g/mol. The number of carbonyl (C=O) groups excluding carboxylic acids is 4. The number of benzene rings is 3. The van der Waals surface area contributed by atoms with Crippen LogP contribution in [-0.2, 0) is 38.0 Å². The minimum atomic E-state index is -0.845. The number of nitrogens with one attached hydrogen (secondary N) is 2. The Morgan fingerprint density at radius 2 is 1.42 bits per heavy atom. The van der Waals surface area contributed by atoms with Crippen LogP contribution in [0.1, 0.15) is 29.5 Å². The van der Waals surface area contributed by atoms with Crippen LogP contribution in [0.4, 0.5) is 21.0 Å². The Bertz CT molecular complexity index is 1790. The van der Waals surface area contributed by atoms with Gasteiger partial charge in [-0.05, 0) is 65.9 Å². The summed E-state index contributed by atoms with van der Waals surface area (Å²) < 4.78 is 15.9. The number of likely N-dealkylation sites (tertiary alicyclic amines) is 2. The summed E-state index contributed by atoms with van der Waals surface area (Å²) in [5, 5.41) is 26.9. The van der Waals surface area contributed by atoms with Crippen molar-refractivity contribution in [3.8, 4) is 5.75 Å². The molecule has 17 nitrogen and oxygen atoms in total. The highest BCUT2D eigenvalue weighted by Crippen LogP contribution is 2.32. The molecule has 18 heteroatoms. The number of hydrogen-bond donors (Lipinski definition) is 2. The van der Waals surface area contributed by atoms with Crippen LogP contribution in [0.2, 0.25) is 0 Å². The third-order valence-corrected chi connectivity index (χ3v) is 10.0. The van der Waals surface area contributed by atoms with E-state index < -0.39 is 34.0 Å². The molecule has 3 atom stereocenters. The van der Waals surface area contributed by atoms with Gasteiger partial charge in [0.1, 0.15) is 31.5 Å². The fourth-order valence-corrected chi connectivity index (χ4v) is 7.07. The molecule has 0 saturated carbocycles. The third-order valence-electron chi connectivity index (χ3n) is 8.71. The number of amides is 4. The molecule has 2 N–H and O–H groups in total. The molecule has 4 amide bonds. The first-order valence-corrected chi connectivity index (χ1v) is 17.7. The van der Waals surface area contributed by atoms with Gasteiger partial charge in [0.2, 0.25) is 11.8 Å². The predicted molar refractivity (Wildman–Crippen MR) is 191 cm³/mol. The van der Waals surface area contributed by atoms with E-state index in [1.165, 1.54) is 53.4 Å². The fraction of sp³-hybridized carbons (Fsp3) is 0.371. The van der Waals surface area contributed by atoms with Crippen LogP contribution in [0.3, 0.4) is 0 Å². The number of alkyl carbamates (subject to hydrolysis) is 1. The highest BCUT2D eigenvalue weighted by atomic mass is 32.2. The van der Waals surface area contributed by atoms with Gasteiger partial charge in [-0.15, -0.1) is 0 Å². The minimum Gasteiger partial charge on any atom is -0.497 e. The van der Waals surface area contributed by atoms with E-state index >= 15 is 0 Å². The SMILES string of the molecule is COc1ccc(CS[C@H]2C[C@@H](C(=O)N3CC[C@H](NC(=O)CNC(=O)OCc4ccc([N+](=O)[O-])cc4)C3)N(C(=O)OCc3ccc([N+](=O)[O-])cc3)C2)cc1. The first-order chi connectivity index (χ1) is 25.5. The normalized spacial score (nSPS) is 17.9. The van der Waals surface area contributed by atoms with Crippen molar-refractivity contribution >= 4 is 47.1 Å². The average molecular weight is 751 g/mol. The number of nitrogens with zero attached hydrogens (tertiary/aromatic N) is 4. The first-order valence-electron chi connectivity index (χ1n) is 16.6. The molecule has 2 heterocycles. The van der Waals surface area contributed by atoms with Crippen LogP contribution in [-0.4, -0.2) is 94.3 Å². The van der Waals surface area contributed by atoms with Crippen LogP contribution < -0.4 is 15.4 Å². The molecule has 53 heavy (non-hydrogen) atoms. The van der Waals surface area contributed by atoms with E-state index in [2.05, 4.69) is 10.6 Å². The molecule has 5 rings (SSSR count). The molecule has 280 valence electrons. The van der Waals surface area contributed by atoms with Gasteiger partial charge in [-0.25, -0.2) is 9.59 Å². The third kappa shape index (κ3) is 10.8. The van der Waals surface area contributed by atoms with E-state index in [1.54, 1.807) is 23.8 Å². The number of rotatable bonds is 14. The zero-order valence-electron chi connectivity index (χ0n) is 28.7. The number of hydrogen-bond acceptors (Lipinski definition) is 12. The molecule has 3 aromatic carbocycles. The van der Waals surface area contributed by atoms with Crippen LogP contribution in [0.25, 0.3) is 0 Å². The van der Waals surface area contributed by atoms with Gasteiger partial charge in [-0.2, -0.15) is 11.8 Å². The van der Waals surface area contributed by atoms with E-state index in [0.717, 1.165) is 11.3 Å². The lowest BCUT2D eigenvalue weighted by Gasteiger charge is -2.27. The second-order valence-electron chi connectivity index (χ2n) is 12.4. The van der Waals surface area contributed by atoms with Crippen molar-refractivity contribution < 1.29 is 43.2 Å². The summed E-state index contributed by atoms with van der Waals surface area (Å²) in [6.45, 7) is 0.189. The lowest BCUT2D eigenvalue weighted by atomic mass is 10.2.